The molecule has 1 aromatic carbocycles. The molecule has 0 spiro atoms. The number of nitrogens with two attached hydrogens (primary N) is 1. The number of rotatable bonds is 4. The molecule has 0 amide bonds. The first-order valence-corrected chi connectivity index (χ1v) is 8.70. The normalized spacial score (nSPS) is 10.5. The zero-order valence-corrected chi connectivity index (χ0v) is 16.3. The summed E-state index contributed by atoms with van der Waals surface area (Å²) in [5.41, 5.74) is 9.31. The molecule has 0 radical (unpaired) electrons. The Hall–Kier alpha value is -1.99. The van der Waals surface area contributed by atoms with Crippen LogP contribution in [0.1, 0.15) is 28.7 Å². The second-order valence-electron chi connectivity index (χ2n) is 5.38. The van der Waals surface area contributed by atoms with Crippen LogP contribution >= 0.6 is 23.2 Å². The van der Waals surface area contributed by atoms with Crippen molar-refractivity contribution in [2.45, 2.75) is 20.4 Å². The van der Waals surface area contributed by atoms with Crippen molar-refractivity contribution in [3.63, 3.8) is 0 Å². The topological polar surface area (TPSA) is 82.5 Å². The minimum atomic E-state index is 0.289. The lowest BCUT2D eigenvalue weighted by atomic mass is 10.0. The predicted molar refractivity (Wildman–Crippen MR) is 104 cm³/mol. The molecule has 3 aromatic rings. The van der Waals surface area contributed by atoms with Gasteiger partial charge in [0.15, 0.2) is 6.29 Å². The Kier molecular flexibility index (Phi) is 7.11. The Morgan fingerprint density at radius 3 is 2.54 bits per heavy atom. The fraction of sp³-hybridized carbons (Fsp3) is 0.278. The third-order valence-corrected chi connectivity index (χ3v) is 4.28. The lowest BCUT2D eigenvalue weighted by Gasteiger charge is -2.14. The maximum absolute atomic E-state index is 11.0. The number of methoxy groups -OCH3 is 1. The zero-order chi connectivity index (χ0) is 19.3. The summed E-state index contributed by atoms with van der Waals surface area (Å²) in [5, 5.41) is 1.04. The van der Waals surface area contributed by atoms with E-state index in [0.717, 1.165) is 29.1 Å². The molecule has 3 rings (SSSR count). The van der Waals surface area contributed by atoms with E-state index in [1.807, 2.05) is 19.9 Å². The fourth-order valence-electron chi connectivity index (χ4n) is 2.44. The monoisotopic (exact) mass is 394 g/mol. The number of carbonyl (C=O) groups is 1. The standard InChI is InChI=1S/C15H12Cl2N4O.C3H8O/c1-8-12(5-18)14(11-3-2-9(16)4-13(11)17)21-6-10(7-22)20-15(21)19-8;1-3-4-2/h2-4,6-7H,5,18H2,1H3;3H2,1-2H3. The molecule has 0 saturated carbocycles. The molecule has 0 aliphatic heterocycles. The van der Waals surface area contributed by atoms with E-state index in [0.29, 0.717) is 27.8 Å². The zero-order valence-electron chi connectivity index (χ0n) is 14.8. The number of imidazole rings is 1. The molecule has 26 heavy (non-hydrogen) atoms. The molecule has 0 bridgehead atoms. The van der Waals surface area contributed by atoms with Crippen molar-refractivity contribution in [1.29, 1.82) is 0 Å². The van der Waals surface area contributed by atoms with Gasteiger partial charge in [-0.1, -0.05) is 23.2 Å². The number of nitrogens with zero attached hydrogens (tertiary/aromatic N) is 3. The average molecular weight is 395 g/mol. The van der Waals surface area contributed by atoms with Crippen LogP contribution in [0.4, 0.5) is 0 Å². The van der Waals surface area contributed by atoms with E-state index in [1.165, 1.54) is 0 Å². The van der Waals surface area contributed by atoms with Crippen LogP contribution in [-0.4, -0.2) is 34.4 Å². The van der Waals surface area contributed by atoms with Crippen LogP contribution in [0, 0.1) is 6.92 Å². The second-order valence-corrected chi connectivity index (χ2v) is 6.23. The highest BCUT2D eigenvalue weighted by Crippen LogP contribution is 2.33. The van der Waals surface area contributed by atoms with Gasteiger partial charge in [0.2, 0.25) is 5.78 Å². The van der Waals surface area contributed by atoms with E-state index < -0.39 is 0 Å². The van der Waals surface area contributed by atoms with E-state index in [1.54, 1.807) is 29.8 Å². The highest BCUT2D eigenvalue weighted by Gasteiger charge is 2.17. The number of hydrogen-bond acceptors (Lipinski definition) is 5. The van der Waals surface area contributed by atoms with Crippen molar-refractivity contribution in [3.05, 3.63) is 51.4 Å². The van der Waals surface area contributed by atoms with Crippen molar-refractivity contribution < 1.29 is 9.53 Å². The molecule has 0 unspecified atom stereocenters. The van der Waals surface area contributed by atoms with Gasteiger partial charge < -0.3 is 10.5 Å². The maximum Gasteiger partial charge on any atom is 0.235 e. The van der Waals surface area contributed by atoms with Crippen LogP contribution in [0.25, 0.3) is 17.0 Å². The molecule has 0 aliphatic rings. The van der Waals surface area contributed by atoms with Crippen LogP contribution in [0.15, 0.2) is 24.4 Å². The summed E-state index contributed by atoms with van der Waals surface area (Å²) in [5.74, 6) is 0.429. The molecule has 0 saturated heterocycles. The summed E-state index contributed by atoms with van der Waals surface area (Å²) < 4.78 is 6.27. The first-order valence-electron chi connectivity index (χ1n) is 7.94. The molecule has 8 heteroatoms. The molecule has 2 heterocycles. The van der Waals surface area contributed by atoms with Crippen molar-refractivity contribution >= 4 is 35.3 Å². The minimum Gasteiger partial charge on any atom is -0.385 e. The van der Waals surface area contributed by atoms with Gasteiger partial charge in [0.05, 0.1) is 10.7 Å². The van der Waals surface area contributed by atoms with E-state index in [2.05, 4.69) is 14.7 Å². The van der Waals surface area contributed by atoms with Gasteiger partial charge in [-0.05, 0) is 32.0 Å². The van der Waals surface area contributed by atoms with Gasteiger partial charge in [-0.25, -0.2) is 9.97 Å². The maximum atomic E-state index is 11.0. The molecular weight excluding hydrogens is 375 g/mol. The van der Waals surface area contributed by atoms with Crippen LogP contribution in [0.3, 0.4) is 0 Å². The molecule has 2 aromatic heterocycles. The lowest BCUT2D eigenvalue weighted by molar-refractivity contribution is 0.111. The highest BCUT2D eigenvalue weighted by atomic mass is 35.5. The van der Waals surface area contributed by atoms with Gasteiger partial charge in [-0.2, -0.15) is 0 Å². The number of fused-ring (bicyclic) bond motifs is 1. The van der Waals surface area contributed by atoms with Crippen LogP contribution in [0.5, 0.6) is 0 Å². The molecule has 0 fully saturated rings. The number of halogens is 2. The summed E-state index contributed by atoms with van der Waals surface area (Å²) in [6.45, 7) is 4.92. The minimum absolute atomic E-state index is 0.289. The molecule has 0 atom stereocenters. The van der Waals surface area contributed by atoms with Gasteiger partial charge in [-0.15, -0.1) is 0 Å². The second kappa shape index (κ2) is 9.09. The number of aldehydes is 1. The van der Waals surface area contributed by atoms with Crippen LogP contribution in [0.2, 0.25) is 10.0 Å². The first-order chi connectivity index (χ1) is 12.5. The van der Waals surface area contributed by atoms with E-state index in [4.69, 9.17) is 28.9 Å². The van der Waals surface area contributed by atoms with E-state index in [9.17, 15) is 4.79 Å². The van der Waals surface area contributed by atoms with Crippen LogP contribution in [-0.2, 0) is 11.3 Å². The Bertz CT molecular complexity index is 923. The predicted octanol–water partition coefficient (Wildman–Crippen LogP) is 3.94. The molecule has 6 nitrogen and oxygen atoms in total. The fourth-order valence-corrected chi connectivity index (χ4v) is 2.94. The third kappa shape index (κ3) is 4.22. The SMILES string of the molecule is CCOC.Cc1nc2nc(C=O)cn2c(-c2ccc(Cl)cc2Cl)c1CN. The number of ether oxygens (including phenoxy) is 1. The molecular formula is C18H20Cl2N4O2. The van der Waals surface area contributed by atoms with Gasteiger partial charge in [0, 0.05) is 48.3 Å². The highest BCUT2D eigenvalue weighted by molar-refractivity contribution is 6.36. The quantitative estimate of drug-likeness (QED) is 0.677. The molecule has 2 N–H and O–H groups in total. The smallest absolute Gasteiger partial charge is 0.235 e. The van der Waals surface area contributed by atoms with Gasteiger partial charge >= 0.3 is 0 Å². The number of aromatic nitrogens is 3. The van der Waals surface area contributed by atoms with Crippen molar-refractivity contribution in [1.82, 2.24) is 14.4 Å². The van der Waals surface area contributed by atoms with E-state index >= 15 is 0 Å². The summed E-state index contributed by atoms with van der Waals surface area (Å²) in [4.78, 5) is 19.6. The van der Waals surface area contributed by atoms with Crippen molar-refractivity contribution in [2.75, 3.05) is 13.7 Å². The van der Waals surface area contributed by atoms with E-state index in [-0.39, 0.29) is 6.54 Å². The number of benzene rings is 1. The summed E-state index contributed by atoms with van der Waals surface area (Å²) >= 11 is 12.3. The van der Waals surface area contributed by atoms with Gasteiger partial charge in [0.25, 0.3) is 0 Å². The Balaban J connectivity index is 0.000000552. The Morgan fingerprint density at radius 1 is 1.31 bits per heavy atom. The Morgan fingerprint density at radius 2 is 2.00 bits per heavy atom. The van der Waals surface area contributed by atoms with Crippen molar-refractivity contribution in [2.24, 2.45) is 5.73 Å². The largest absolute Gasteiger partial charge is 0.385 e. The summed E-state index contributed by atoms with van der Waals surface area (Å²) in [7, 11) is 1.68. The van der Waals surface area contributed by atoms with Gasteiger partial charge in [0.1, 0.15) is 5.69 Å². The third-order valence-electron chi connectivity index (χ3n) is 3.74. The first kappa shape index (κ1) is 20.3. The van der Waals surface area contributed by atoms with Crippen LogP contribution < -0.4 is 5.73 Å². The molecule has 0 aliphatic carbocycles. The van der Waals surface area contributed by atoms with Gasteiger partial charge in [-0.3, -0.25) is 9.20 Å². The number of carbonyl (C=O) groups excluding carboxylic acids is 1. The Labute approximate surface area is 161 Å². The lowest BCUT2D eigenvalue weighted by Crippen LogP contribution is -2.08. The molecule has 138 valence electrons. The number of aryl methyl sites for hydroxylation is 1. The summed E-state index contributed by atoms with van der Waals surface area (Å²) in [6.07, 6.45) is 2.30. The van der Waals surface area contributed by atoms with Crippen molar-refractivity contribution in [3.8, 4) is 11.3 Å². The number of hydrogen-bond donors (Lipinski definition) is 1. The average Bonchev–Trinajstić information content (AvgIpc) is 3.04. The summed E-state index contributed by atoms with van der Waals surface area (Å²) in [6, 6.07) is 5.23.